The molecule has 2 aromatic carbocycles. The summed E-state index contributed by atoms with van der Waals surface area (Å²) in [5.41, 5.74) is 2.27. The van der Waals surface area contributed by atoms with Crippen molar-refractivity contribution in [2.45, 2.75) is 25.0 Å². The first-order chi connectivity index (χ1) is 11.6. The summed E-state index contributed by atoms with van der Waals surface area (Å²) in [6.45, 7) is 2.07. The first kappa shape index (κ1) is 16.5. The molecule has 3 aromatic rings. The van der Waals surface area contributed by atoms with Crippen LogP contribution in [0.4, 0.5) is 0 Å². The molecule has 5 heteroatoms. The van der Waals surface area contributed by atoms with Crippen molar-refractivity contribution in [1.82, 2.24) is 9.55 Å². The maximum Gasteiger partial charge on any atom is 0.262 e. The Morgan fingerprint density at radius 1 is 1.12 bits per heavy atom. The van der Waals surface area contributed by atoms with Gasteiger partial charge < -0.3 is 0 Å². The number of hydrogen-bond donors (Lipinski definition) is 0. The molecule has 0 spiro atoms. The summed E-state index contributed by atoms with van der Waals surface area (Å²) in [7, 11) is 0. The summed E-state index contributed by atoms with van der Waals surface area (Å²) in [6, 6.07) is 14.7. The highest BCUT2D eigenvalue weighted by molar-refractivity contribution is 7.98. The smallest absolute Gasteiger partial charge is 0.262 e. The number of aryl methyl sites for hydroxylation is 1. The van der Waals surface area contributed by atoms with Crippen LogP contribution in [0.1, 0.15) is 22.8 Å². The van der Waals surface area contributed by atoms with Gasteiger partial charge in [0.2, 0.25) is 0 Å². The zero-order chi connectivity index (χ0) is 17.1. The first-order valence-corrected chi connectivity index (χ1v) is 9.02. The molecule has 0 aliphatic rings. The van der Waals surface area contributed by atoms with Gasteiger partial charge in [-0.05, 0) is 30.4 Å². The normalized spacial score (nSPS) is 10.9. The van der Waals surface area contributed by atoms with Gasteiger partial charge in [-0.1, -0.05) is 55.1 Å². The second kappa shape index (κ2) is 7.01. The van der Waals surface area contributed by atoms with Gasteiger partial charge in [0.15, 0.2) is 10.9 Å². The largest absolute Gasteiger partial charge is 0.292 e. The van der Waals surface area contributed by atoms with Crippen LogP contribution in [-0.4, -0.2) is 21.6 Å². The molecule has 0 aliphatic heterocycles. The Labute approximate surface area is 144 Å². The molecule has 3 rings (SSSR count). The van der Waals surface area contributed by atoms with Crippen molar-refractivity contribution in [3.63, 3.8) is 0 Å². The van der Waals surface area contributed by atoms with Gasteiger partial charge in [0.1, 0.15) is 0 Å². The predicted octanol–water partition coefficient (Wildman–Crippen LogP) is 3.56. The van der Waals surface area contributed by atoms with Crippen LogP contribution in [0.5, 0.6) is 0 Å². The summed E-state index contributed by atoms with van der Waals surface area (Å²) < 4.78 is 1.46. The van der Waals surface area contributed by atoms with E-state index in [4.69, 9.17) is 0 Å². The number of benzene rings is 2. The van der Waals surface area contributed by atoms with E-state index in [1.54, 1.807) is 12.1 Å². The molecular formula is C19H18N2O2S. The molecule has 0 radical (unpaired) electrons. The maximum atomic E-state index is 12.7. The number of nitrogens with zero attached hydrogens (tertiary/aromatic N) is 2. The third kappa shape index (κ3) is 3.12. The molecule has 0 saturated heterocycles. The molecule has 0 saturated carbocycles. The van der Waals surface area contributed by atoms with E-state index in [9.17, 15) is 9.59 Å². The number of carbonyl (C=O) groups excluding carboxylic acids is 1. The number of Topliss-reactive ketones (excluding diaryl/α,β-unsaturated/α-hetero) is 1. The van der Waals surface area contributed by atoms with E-state index in [1.807, 2.05) is 42.7 Å². The lowest BCUT2D eigenvalue weighted by Crippen LogP contribution is -2.27. The average Bonchev–Trinajstić information content (AvgIpc) is 2.63. The molecule has 1 heterocycles. The molecule has 1 aromatic heterocycles. The Kier molecular flexibility index (Phi) is 4.81. The van der Waals surface area contributed by atoms with Crippen LogP contribution >= 0.6 is 11.8 Å². The zero-order valence-electron chi connectivity index (χ0n) is 13.7. The predicted molar refractivity (Wildman–Crippen MR) is 97.9 cm³/mol. The average molecular weight is 338 g/mol. The number of hydrogen-bond acceptors (Lipinski definition) is 4. The third-order valence-electron chi connectivity index (χ3n) is 4.00. The molecule has 0 N–H and O–H groups in total. The minimum absolute atomic E-state index is 0.00167. The number of thioether (sulfide) groups is 1. The molecule has 122 valence electrons. The second-order valence-corrected chi connectivity index (χ2v) is 6.25. The summed E-state index contributed by atoms with van der Waals surface area (Å²) in [6.07, 6.45) is 2.78. The lowest BCUT2D eigenvalue weighted by molar-refractivity contribution is 0.0967. The van der Waals surface area contributed by atoms with Crippen LogP contribution in [0.25, 0.3) is 10.9 Å². The number of rotatable bonds is 5. The quantitative estimate of drug-likeness (QED) is 0.405. The van der Waals surface area contributed by atoms with Gasteiger partial charge in [-0.25, -0.2) is 4.98 Å². The Balaban J connectivity index is 2.00. The fraction of sp³-hybridized carbons (Fsp3) is 0.211. The van der Waals surface area contributed by atoms with Gasteiger partial charge in [-0.15, -0.1) is 0 Å². The van der Waals surface area contributed by atoms with Crippen molar-refractivity contribution >= 4 is 28.4 Å². The lowest BCUT2D eigenvalue weighted by Gasteiger charge is -2.11. The number of ketones is 1. The molecule has 0 aliphatic carbocycles. The van der Waals surface area contributed by atoms with E-state index < -0.39 is 0 Å². The van der Waals surface area contributed by atoms with Crippen molar-refractivity contribution < 1.29 is 4.79 Å². The van der Waals surface area contributed by atoms with Crippen LogP contribution < -0.4 is 5.56 Å². The number of para-hydroxylation sites is 1. The minimum atomic E-state index is -0.177. The Bertz CT molecular complexity index is 946. The van der Waals surface area contributed by atoms with Crippen molar-refractivity contribution in [2.24, 2.45) is 0 Å². The van der Waals surface area contributed by atoms with E-state index in [-0.39, 0.29) is 17.9 Å². The number of fused-ring (bicyclic) bond motifs is 1. The Morgan fingerprint density at radius 2 is 1.83 bits per heavy atom. The van der Waals surface area contributed by atoms with Crippen molar-refractivity contribution in [1.29, 1.82) is 0 Å². The van der Waals surface area contributed by atoms with Crippen molar-refractivity contribution in [3.8, 4) is 0 Å². The minimum Gasteiger partial charge on any atom is -0.292 e. The monoisotopic (exact) mass is 338 g/mol. The highest BCUT2D eigenvalue weighted by atomic mass is 32.2. The topological polar surface area (TPSA) is 52.0 Å². The summed E-state index contributed by atoms with van der Waals surface area (Å²) in [5.74, 6) is -0.0906. The van der Waals surface area contributed by atoms with Crippen LogP contribution in [0.15, 0.2) is 58.5 Å². The molecule has 0 amide bonds. The van der Waals surface area contributed by atoms with Gasteiger partial charge in [-0.3, -0.25) is 14.2 Å². The molecule has 0 atom stereocenters. The van der Waals surface area contributed by atoms with E-state index >= 15 is 0 Å². The fourth-order valence-corrected chi connectivity index (χ4v) is 3.16. The van der Waals surface area contributed by atoms with Gasteiger partial charge in [0, 0.05) is 5.56 Å². The van der Waals surface area contributed by atoms with E-state index in [0.29, 0.717) is 21.6 Å². The maximum absolute atomic E-state index is 12.7. The SMILES string of the molecule is CCc1ccc(C(=O)Cn2c(SC)nc3ccccc3c2=O)cc1. The molecule has 0 bridgehead atoms. The van der Waals surface area contributed by atoms with Crippen LogP contribution in [-0.2, 0) is 13.0 Å². The Morgan fingerprint density at radius 3 is 2.50 bits per heavy atom. The molecule has 0 unspecified atom stereocenters. The van der Waals surface area contributed by atoms with E-state index in [1.165, 1.54) is 21.9 Å². The van der Waals surface area contributed by atoms with Crippen molar-refractivity contribution in [2.75, 3.05) is 6.26 Å². The van der Waals surface area contributed by atoms with Gasteiger partial charge in [0.25, 0.3) is 5.56 Å². The summed E-state index contributed by atoms with van der Waals surface area (Å²) in [4.78, 5) is 29.8. The summed E-state index contributed by atoms with van der Waals surface area (Å²) in [5, 5.41) is 1.08. The van der Waals surface area contributed by atoms with Crippen LogP contribution in [0.2, 0.25) is 0 Å². The lowest BCUT2D eigenvalue weighted by atomic mass is 10.1. The summed E-state index contributed by atoms with van der Waals surface area (Å²) >= 11 is 1.37. The highest BCUT2D eigenvalue weighted by Crippen LogP contribution is 2.16. The van der Waals surface area contributed by atoms with Crippen molar-refractivity contribution in [3.05, 3.63) is 70.0 Å². The molecule has 24 heavy (non-hydrogen) atoms. The molecular weight excluding hydrogens is 320 g/mol. The number of carbonyl (C=O) groups is 1. The molecule has 4 nitrogen and oxygen atoms in total. The number of aromatic nitrogens is 2. The fourth-order valence-electron chi connectivity index (χ4n) is 2.60. The van der Waals surface area contributed by atoms with Gasteiger partial charge >= 0.3 is 0 Å². The first-order valence-electron chi connectivity index (χ1n) is 7.79. The van der Waals surface area contributed by atoms with Crippen LogP contribution in [0.3, 0.4) is 0 Å². The second-order valence-electron chi connectivity index (χ2n) is 5.48. The van der Waals surface area contributed by atoms with E-state index in [0.717, 1.165) is 6.42 Å². The zero-order valence-corrected chi connectivity index (χ0v) is 14.5. The Hall–Kier alpha value is -2.40. The third-order valence-corrected chi connectivity index (χ3v) is 4.67. The van der Waals surface area contributed by atoms with Gasteiger partial charge in [-0.2, -0.15) is 0 Å². The van der Waals surface area contributed by atoms with Gasteiger partial charge in [0.05, 0.1) is 17.4 Å². The molecule has 0 fully saturated rings. The highest BCUT2D eigenvalue weighted by Gasteiger charge is 2.14. The van der Waals surface area contributed by atoms with Crippen LogP contribution in [0, 0.1) is 0 Å². The van der Waals surface area contributed by atoms with E-state index in [2.05, 4.69) is 11.9 Å². The standard InChI is InChI=1S/C19H18N2O2S/c1-3-13-8-10-14(11-9-13)17(22)12-21-18(23)15-6-4-5-7-16(15)20-19(21)24-2/h4-11H,3,12H2,1-2H3.